The third-order valence-corrected chi connectivity index (χ3v) is 5.02. The van der Waals surface area contributed by atoms with Gasteiger partial charge in [-0.1, -0.05) is 23.7 Å². The highest BCUT2D eigenvalue weighted by atomic mass is 35.5. The first-order valence-corrected chi connectivity index (χ1v) is 9.43. The van der Waals surface area contributed by atoms with Crippen LogP contribution in [0, 0.1) is 5.53 Å². The van der Waals surface area contributed by atoms with Gasteiger partial charge >= 0.3 is 0 Å². The SMILES string of the molecule is N=N/C(=C\NCc1ccc(Cl)cn1)CN1CCC(c2cccc(O)c2)CC1. The first kappa shape index (κ1) is 19.3. The maximum absolute atomic E-state index is 9.66. The number of phenols is 1. The molecule has 0 bridgehead atoms. The standard InChI is InChI=1S/C20H24ClN5O/c21-17-4-5-18(24-11-17)12-23-13-19(25-22)14-26-8-6-15(7-9-26)16-2-1-3-20(27)10-16/h1-5,10-11,13,15,22-23,27H,6-9,12,14H2/b19-13-,25-22?. The number of halogens is 1. The highest BCUT2D eigenvalue weighted by Gasteiger charge is 2.21. The van der Waals surface area contributed by atoms with Crippen molar-refractivity contribution in [3.63, 3.8) is 0 Å². The number of pyridine rings is 1. The van der Waals surface area contributed by atoms with Gasteiger partial charge in [0.2, 0.25) is 0 Å². The number of nitrogens with zero attached hydrogens (tertiary/aromatic N) is 3. The molecule has 1 fully saturated rings. The van der Waals surface area contributed by atoms with Crippen LogP contribution in [0.2, 0.25) is 5.02 Å². The van der Waals surface area contributed by atoms with Crippen LogP contribution in [0.1, 0.15) is 30.0 Å². The van der Waals surface area contributed by atoms with Gasteiger partial charge in [0.1, 0.15) is 5.75 Å². The van der Waals surface area contributed by atoms with Crippen LogP contribution in [0.15, 0.2) is 59.6 Å². The summed E-state index contributed by atoms with van der Waals surface area (Å²) >= 11 is 5.83. The monoisotopic (exact) mass is 385 g/mol. The molecule has 1 aliphatic heterocycles. The van der Waals surface area contributed by atoms with E-state index >= 15 is 0 Å². The number of hydrogen-bond acceptors (Lipinski definition) is 6. The third-order valence-electron chi connectivity index (χ3n) is 4.80. The highest BCUT2D eigenvalue weighted by molar-refractivity contribution is 6.30. The average Bonchev–Trinajstić information content (AvgIpc) is 2.69. The van der Waals surface area contributed by atoms with Crippen LogP contribution >= 0.6 is 11.6 Å². The van der Waals surface area contributed by atoms with Crippen molar-refractivity contribution in [1.82, 2.24) is 15.2 Å². The van der Waals surface area contributed by atoms with Gasteiger partial charge in [0, 0.05) is 18.9 Å². The molecule has 0 atom stereocenters. The van der Waals surface area contributed by atoms with Crippen molar-refractivity contribution < 1.29 is 5.11 Å². The van der Waals surface area contributed by atoms with Gasteiger partial charge in [0.15, 0.2) is 0 Å². The van der Waals surface area contributed by atoms with Crippen molar-refractivity contribution in [2.75, 3.05) is 19.6 Å². The Labute approximate surface area is 164 Å². The Morgan fingerprint density at radius 1 is 1.33 bits per heavy atom. The zero-order chi connectivity index (χ0) is 19.1. The molecule has 2 heterocycles. The lowest BCUT2D eigenvalue weighted by Crippen LogP contribution is -2.34. The summed E-state index contributed by atoms with van der Waals surface area (Å²) in [7, 11) is 0. The number of nitrogens with one attached hydrogen (secondary N) is 2. The Bertz CT molecular complexity index is 785. The van der Waals surface area contributed by atoms with Crippen LogP contribution in [0.25, 0.3) is 0 Å². The molecule has 1 saturated heterocycles. The molecule has 7 heteroatoms. The summed E-state index contributed by atoms with van der Waals surface area (Å²) in [5.41, 5.74) is 10.2. The summed E-state index contributed by atoms with van der Waals surface area (Å²) < 4.78 is 0. The number of hydrogen-bond donors (Lipinski definition) is 3. The van der Waals surface area contributed by atoms with Crippen LogP contribution < -0.4 is 5.32 Å². The van der Waals surface area contributed by atoms with Gasteiger partial charge in [-0.05, 0) is 61.7 Å². The van der Waals surface area contributed by atoms with Crippen molar-refractivity contribution in [1.29, 1.82) is 5.53 Å². The van der Waals surface area contributed by atoms with Gasteiger partial charge < -0.3 is 10.4 Å². The normalized spacial score (nSPS) is 16.3. The highest BCUT2D eigenvalue weighted by Crippen LogP contribution is 2.30. The fourth-order valence-corrected chi connectivity index (χ4v) is 3.44. The van der Waals surface area contributed by atoms with Crippen molar-refractivity contribution in [2.24, 2.45) is 5.11 Å². The molecule has 1 aromatic carbocycles. The zero-order valence-corrected chi connectivity index (χ0v) is 15.9. The number of aromatic nitrogens is 1. The lowest BCUT2D eigenvalue weighted by Gasteiger charge is -2.32. The summed E-state index contributed by atoms with van der Waals surface area (Å²) in [5.74, 6) is 0.803. The molecule has 3 rings (SSSR count). The van der Waals surface area contributed by atoms with Crippen LogP contribution in [-0.2, 0) is 6.54 Å². The number of aromatic hydroxyl groups is 1. The van der Waals surface area contributed by atoms with E-state index in [0.29, 0.717) is 35.5 Å². The molecule has 0 radical (unpaired) electrons. The lowest BCUT2D eigenvalue weighted by atomic mass is 9.89. The minimum atomic E-state index is 0.328. The van der Waals surface area contributed by atoms with Crippen molar-refractivity contribution >= 4 is 11.6 Å². The van der Waals surface area contributed by atoms with Gasteiger partial charge in [-0.3, -0.25) is 9.88 Å². The van der Waals surface area contributed by atoms with Crippen LogP contribution in [-0.4, -0.2) is 34.6 Å². The molecule has 27 heavy (non-hydrogen) atoms. The summed E-state index contributed by atoms with van der Waals surface area (Å²) in [6.07, 6.45) is 5.48. The van der Waals surface area contributed by atoms with E-state index in [-0.39, 0.29) is 0 Å². The van der Waals surface area contributed by atoms with Crippen LogP contribution in [0.4, 0.5) is 0 Å². The topological polar surface area (TPSA) is 84.6 Å². The summed E-state index contributed by atoms with van der Waals surface area (Å²) in [6.45, 7) is 3.12. The zero-order valence-electron chi connectivity index (χ0n) is 15.1. The number of benzene rings is 1. The Balaban J connectivity index is 1.47. The van der Waals surface area contributed by atoms with E-state index < -0.39 is 0 Å². The molecule has 0 saturated carbocycles. The molecule has 0 aliphatic carbocycles. The molecule has 2 aromatic rings. The molecule has 1 aliphatic rings. The van der Waals surface area contributed by atoms with Gasteiger partial charge in [-0.2, -0.15) is 5.11 Å². The van der Waals surface area contributed by atoms with Gasteiger partial charge in [0.05, 0.1) is 23.0 Å². The summed E-state index contributed by atoms with van der Waals surface area (Å²) in [5, 5.41) is 17.1. The quantitative estimate of drug-likeness (QED) is 0.621. The molecule has 142 valence electrons. The number of rotatable bonds is 7. The molecular weight excluding hydrogens is 362 g/mol. The van der Waals surface area contributed by atoms with Crippen LogP contribution in [0.3, 0.4) is 0 Å². The van der Waals surface area contributed by atoms with E-state index in [1.54, 1.807) is 18.5 Å². The van der Waals surface area contributed by atoms with E-state index in [0.717, 1.165) is 31.6 Å². The Morgan fingerprint density at radius 3 is 2.81 bits per heavy atom. The second-order valence-corrected chi connectivity index (χ2v) is 7.18. The lowest BCUT2D eigenvalue weighted by molar-refractivity contribution is 0.226. The first-order valence-electron chi connectivity index (χ1n) is 9.05. The Kier molecular flexibility index (Phi) is 6.79. The molecular formula is C20H24ClN5O. The fraction of sp³-hybridized carbons (Fsp3) is 0.350. The minimum absolute atomic E-state index is 0.328. The smallest absolute Gasteiger partial charge is 0.115 e. The van der Waals surface area contributed by atoms with E-state index in [2.05, 4.69) is 26.4 Å². The maximum atomic E-state index is 9.66. The van der Waals surface area contributed by atoms with Crippen molar-refractivity contribution in [3.8, 4) is 5.75 Å². The predicted octanol–water partition coefficient (Wildman–Crippen LogP) is 4.28. The molecule has 3 N–H and O–H groups in total. The minimum Gasteiger partial charge on any atom is -0.508 e. The summed E-state index contributed by atoms with van der Waals surface area (Å²) in [6, 6.07) is 11.2. The average molecular weight is 386 g/mol. The van der Waals surface area contributed by atoms with Crippen molar-refractivity contribution in [2.45, 2.75) is 25.3 Å². The fourth-order valence-electron chi connectivity index (χ4n) is 3.33. The Hall–Kier alpha value is -2.44. The third kappa shape index (κ3) is 5.77. The Morgan fingerprint density at radius 2 is 2.15 bits per heavy atom. The van der Waals surface area contributed by atoms with Crippen LogP contribution in [0.5, 0.6) is 5.75 Å². The maximum Gasteiger partial charge on any atom is 0.115 e. The summed E-state index contributed by atoms with van der Waals surface area (Å²) in [4.78, 5) is 6.54. The molecule has 1 aromatic heterocycles. The molecule has 0 spiro atoms. The molecule has 0 amide bonds. The van der Waals surface area contributed by atoms with E-state index in [1.807, 2.05) is 24.3 Å². The van der Waals surface area contributed by atoms with E-state index in [9.17, 15) is 5.11 Å². The number of piperidine rings is 1. The van der Waals surface area contributed by atoms with E-state index in [4.69, 9.17) is 17.1 Å². The second-order valence-electron chi connectivity index (χ2n) is 6.74. The van der Waals surface area contributed by atoms with Gasteiger partial charge in [-0.15, -0.1) is 0 Å². The van der Waals surface area contributed by atoms with Gasteiger partial charge in [0.25, 0.3) is 0 Å². The molecule has 6 nitrogen and oxygen atoms in total. The first-order chi connectivity index (χ1) is 13.1. The number of likely N-dealkylation sites (tertiary alicyclic amines) is 1. The van der Waals surface area contributed by atoms with Crippen molar-refractivity contribution in [3.05, 3.63) is 70.8 Å². The second kappa shape index (κ2) is 9.48. The van der Waals surface area contributed by atoms with E-state index in [1.165, 1.54) is 5.56 Å². The predicted molar refractivity (Wildman–Crippen MR) is 106 cm³/mol. The largest absolute Gasteiger partial charge is 0.508 e. The number of phenolic OH excluding ortho intramolecular Hbond substituents is 1. The van der Waals surface area contributed by atoms with Gasteiger partial charge in [-0.25, -0.2) is 5.53 Å². The molecule has 0 unspecified atom stereocenters.